The van der Waals surface area contributed by atoms with Crippen molar-refractivity contribution in [2.24, 2.45) is 0 Å². The van der Waals surface area contributed by atoms with Crippen molar-refractivity contribution in [1.29, 1.82) is 0 Å². The normalized spacial score (nSPS) is 16.7. The van der Waals surface area contributed by atoms with Gasteiger partial charge in [0.2, 0.25) is 0 Å². The fourth-order valence-corrected chi connectivity index (χ4v) is 1.74. The number of aromatic nitrogens is 1. The van der Waals surface area contributed by atoms with Crippen LogP contribution in [0, 0.1) is 0 Å². The summed E-state index contributed by atoms with van der Waals surface area (Å²) in [6, 6.07) is 3.90. The molecule has 0 aromatic carbocycles. The highest BCUT2D eigenvalue weighted by Crippen LogP contribution is 2.06. The van der Waals surface area contributed by atoms with E-state index in [2.05, 4.69) is 9.88 Å². The van der Waals surface area contributed by atoms with Crippen molar-refractivity contribution >= 4 is 17.2 Å². The average molecular weight is 208 g/mol. The molecule has 0 saturated carbocycles. The zero-order valence-electron chi connectivity index (χ0n) is 7.85. The smallest absolute Gasteiger partial charge is 0.110 e. The Kier molecular flexibility index (Phi) is 3.06. The van der Waals surface area contributed by atoms with Gasteiger partial charge in [0.1, 0.15) is 4.99 Å². The van der Waals surface area contributed by atoms with Gasteiger partial charge < -0.3 is 9.64 Å². The zero-order valence-corrected chi connectivity index (χ0v) is 8.67. The third kappa shape index (κ3) is 2.08. The van der Waals surface area contributed by atoms with E-state index < -0.39 is 0 Å². The van der Waals surface area contributed by atoms with E-state index in [9.17, 15) is 0 Å². The van der Waals surface area contributed by atoms with Crippen LogP contribution in [0.3, 0.4) is 0 Å². The minimum atomic E-state index is 0.764. The van der Waals surface area contributed by atoms with Gasteiger partial charge in [-0.15, -0.1) is 0 Å². The van der Waals surface area contributed by atoms with Crippen molar-refractivity contribution in [3.8, 4) is 0 Å². The summed E-state index contributed by atoms with van der Waals surface area (Å²) < 4.78 is 5.27. The third-order valence-electron chi connectivity index (χ3n) is 2.21. The van der Waals surface area contributed by atoms with E-state index in [1.165, 1.54) is 0 Å². The van der Waals surface area contributed by atoms with Gasteiger partial charge in [0, 0.05) is 31.0 Å². The molecule has 14 heavy (non-hydrogen) atoms. The van der Waals surface area contributed by atoms with E-state index in [-0.39, 0.29) is 0 Å². The SMILES string of the molecule is S=C(c1cccnc1)N1CCOCC1. The lowest BCUT2D eigenvalue weighted by Gasteiger charge is -2.29. The number of morpholine rings is 1. The highest BCUT2D eigenvalue weighted by molar-refractivity contribution is 7.80. The molecule has 74 valence electrons. The minimum Gasteiger partial charge on any atom is -0.378 e. The van der Waals surface area contributed by atoms with Crippen LogP contribution in [-0.4, -0.2) is 41.2 Å². The number of hydrogen-bond donors (Lipinski definition) is 0. The van der Waals surface area contributed by atoms with E-state index in [0.717, 1.165) is 36.9 Å². The molecular formula is C10H12N2OS. The third-order valence-corrected chi connectivity index (χ3v) is 2.70. The van der Waals surface area contributed by atoms with E-state index in [1.807, 2.05) is 12.1 Å². The molecule has 0 unspecified atom stereocenters. The van der Waals surface area contributed by atoms with Crippen molar-refractivity contribution in [1.82, 2.24) is 9.88 Å². The molecule has 0 bridgehead atoms. The molecule has 2 rings (SSSR count). The van der Waals surface area contributed by atoms with Gasteiger partial charge in [-0.05, 0) is 12.1 Å². The Morgan fingerprint density at radius 2 is 2.21 bits per heavy atom. The van der Waals surface area contributed by atoms with Gasteiger partial charge in [0.05, 0.1) is 13.2 Å². The van der Waals surface area contributed by atoms with Crippen molar-refractivity contribution in [2.75, 3.05) is 26.3 Å². The van der Waals surface area contributed by atoms with Gasteiger partial charge >= 0.3 is 0 Å². The van der Waals surface area contributed by atoms with E-state index in [4.69, 9.17) is 17.0 Å². The molecule has 0 atom stereocenters. The van der Waals surface area contributed by atoms with Crippen molar-refractivity contribution in [3.63, 3.8) is 0 Å². The van der Waals surface area contributed by atoms with Gasteiger partial charge in [0.25, 0.3) is 0 Å². The lowest BCUT2D eigenvalue weighted by molar-refractivity contribution is 0.0693. The fourth-order valence-electron chi connectivity index (χ4n) is 1.44. The van der Waals surface area contributed by atoms with E-state index in [0.29, 0.717) is 0 Å². The maximum atomic E-state index is 5.37. The molecule has 1 fully saturated rings. The Balaban J connectivity index is 2.07. The molecule has 0 radical (unpaired) electrons. The predicted molar refractivity (Wildman–Crippen MR) is 58.3 cm³/mol. The summed E-state index contributed by atoms with van der Waals surface area (Å²) in [5.41, 5.74) is 1.02. The van der Waals surface area contributed by atoms with Gasteiger partial charge in [-0.2, -0.15) is 0 Å². The molecule has 0 amide bonds. The molecule has 1 aromatic heterocycles. The maximum Gasteiger partial charge on any atom is 0.110 e. The topological polar surface area (TPSA) is 25.4 Å². The number of ether oxygens (including phenoxy) is 1. The number of nitrogens with zero attached hydrogens (tertiary/aromatic N) is 2. The molecule has 1 aromatic rings. The lowest BCUT2D eigenvalue weighted by atomic mass is 10.2. The van der Waals surface area contributed by atoms with Crippen molar-refractivity contribution in [3.05, 3.63) is 30.1 Å². The molecular weight excluding hydrogens is 196 g/mol. The molecule has 1 aliphatic rings. The van der Waals surface area contributed by atoms with E-state index >= 15 is 0 Å². The molecule has 1 aliphatic heterocycles. The zero-order chi connectivity index (χ0) is 9.80. The molecule has 0 N–H and O–H groups in total. The molecule has 0 spiro atoms. The van der Waals surface area contributed by atoms with Crippen LogP contribution in [-0.2, 0) is 4.74 Å². The Labute approximate surface area is 88.7 Å². The highest BCUT2D eigenvalue weighted by atomic mass is 32.1. The van der Waals surface area contributed by atoms with Gasteiger partial charge in [0.15, 0.2) is 0 Å². The number of thiocarbonyl (C=S) groups is 1. The second kappa shape index (κ2) is 4.48. The number of rotatable bonds is 1. The maximum absolute atomic E-state index is 5.37. The molecule has 0 aliphatic carbocycles. The molecule has 2 heterocycles. The second-order valence-electron chi connectivity index (χ2n) is 3.15. The Morgan fingerprint density at radius 3 is 2.86 bits per heavy atom. The van der Waals surface area contributed by atoms with Gasteiger partial charge in [-0.1, -0.05) is 12.2 Å². The van der Waals surface area contributed by atoms with Crippen LogP contribution < -0.4 is 0 Å². The summed E-state index contributed by atoms with van der Waals surface area (Å²) in [4.78, 5) is 7.09. The first-order chi connectivity index (χ1) is 6.88. The summed E-state index contributed by atoms with van der Waals surface area (Å²) in [5, 5.41) is 0. The highest BCUT2D eigenvalue weighted by Gasteiger charge is 2.14. The van der Waals surface area contributed by atoms with Crippen LogP contribution in [0.4, 0.5) is 0 Å². The summed E-state index contributed by atoms with van der Waals surface area (Å²) in [6.07, 6.45) is 3.56. The lowest BCUT2D eigenvalue weighted by Crippen LogP contribution is -2.40. The standard InChI is InChI=1S/C10H12N2OS/c14-10(9-2-1-3-11-8-9)12-4-6-13-7-5-12/h1-3,8H,4-7H2. The van der Waals surface area contributed by atoms with Crippen LogP contribution in [0.2, 0.25) is 0 Å². The van der Waals surface area contributed by atoms with Gasteiger partial charge in [-0.3, -0.25) is 4.98 Å². The van der Waals surface area contributed by atoms with Crippen molar-refractivity contribution < 1.29 is 4.74 Å². The molecule has 1 saturated heterocycles. The Morgan fingerprint density at radius 1 is 1.43 bits per heavy atom. The fraction of sp³-hybridized carbons (Fsp3) is 0.400. The quantitative estimate of drug-likeness (QED) is 0.645. The summed E-state index contributed by atoms with van der Waals surface area (Å²) in [6.45, 7) is 3.29. The van der Waals surface area contributed by atoms with Crippen LogP contribution in [0.25, 0.3) is 0 Å². The van der Waals surface area contributed by atoms with Crippen LogP contribution in [0.15, 0.2) is 24.5 Å². The summed E-state index contributed by atoms with van der Waals surface area (Å²) in [7, 11) is 0. The van der Waals surface area contributed by atoms with Crippen LogP contribution >= 0.6 is 12.2 Å². The number of pyridine rings is 1. The van der Waals surface area contributed by atoms with Crippen LogP contribution in [0.5, 0.6) is 0 Å². The first kappa shape index (κ1) is 9.55. The monoisotopic (exact) mass is 208 g/mol. The first-order valence-corrected chi connectivity index (χ1v) is 5.06. The molecule has 3 nitrogen and oxygen atoms in total. The van der Waals surface area contributed by atoms with Gasteiger partial charge in [-0.25, -0.2) is 0 Å². The molecule has 4 heteroatoms. The van der Waals surface area contributed by atoms with E-state index in [1.54, 1.807) is 12.4 Å². The first-order valence-electron chi connectivity index (χ1n) is 4.65. The minimum absolute atomic E-state index is 0.764. The second-order valence-corrected chi connectivity index (χ2v) is 3.53. The van der Waals surface area contributed by atoms with Crippen molar-refractivity contribution in [2.45, 2.75) is 0 Å². The number of hydrogen-bond acceptors (Lipinski definition) is 3. The summed E-state index contributed by atoms with van der Waals surface area (Å²) in [5.74, 6) is 0. The summed E-state index contributed by atoms with van der Waals surface area (Å²) >= 11 is 5.37. The predicted octanol–water partition coefficient (Wildman–Crippen LogP) is 1.09. The average Bonchev–Trinajstić information content (AvgIpc) is 2.30. The Hall–Kier alpha value is -1.00. The Bertz CT molecular complexity index is 309. The van der Waals surface area contributed by atoms with Crippen LogP contribution in [0.1, 0.15) is 5.56 Å². The largest absolute Gasteiger partial charge is 0.378 e.